The highest BCUT2D eigenvalue weighted by Gasteiger charge is 2.14. The van der Waals surface area contributed by atoms with Gasteiger partial charge in [-0.25, -0.2) is 5.43 Å². The molecule has 29 heavy (non-hydrogen) atoms. The molecule has 0 fully saturated rings. The lowest BCUT2D eigenvalue weighted by molar-refractivity contribution is -0.136. The van der Waals surface area contributed by atoms with Crippen LogP contribution >= 0.6 is 0 Å². The fourth-order valence-corrected chi connectivity index (χ4v) is 2.86. The van der Waals surface area contributed by atoms with Crippen molar-refractivity contribution >= 4 is 34.5 Å². The minimum Gasteiger partial charge on any atom is -0.490 e. The first-order valence-corrected chi connectivity index (χ1v) is 9.34. The average Bonchev–Trinajstić information content (AvgIpc) is 2.70. The molecule has 0 aliphatic heterocycles. The lowest BCUT2D eigenvalue weighted by Crippen LogP contribution is -2.32. The number of nitrogens with zero attached hydrogens (tertiary/aromatic N) is 1. The normalized spacial score (nSPS) is 11.0. The number of benzene rings is 3. The summed E-state index contributed by atoms with van der Waals surface area (Å²) in [4.78, 5) is 24.2. The summed E-state index contributed by atoms with van der Waals surface area (Å²) in [6.07, 6.45) is 1.48. The lowest BCUT2D eigenvalue weighted by atomic mass is 10.0. The summed E-state index contributed by atoms with van der Waals surface area (Å²) < 4.78 is 5.87. The topological polar surface area (TPSA) is 79.8 Å². The molecular formula is C23H23N3O3. The first-order valence-electron chi connectivity index (χ1n) is 9.34. The Kier molecular flexibility index (Phi) is 6.24. The molecule has 6 nitrogen and oxygen atoms in total. The molecule has 3 aromatic rings. The Labute approximate surface area is 169 Å². The zero-order valence-corrected chi connectivity index (χ0v) is 16.6. The van der Waals surface area contributed by atoms with E-state index < -0.39 is 11.8 Å². The quantitative estimate of drug-likeness (QED) is 0.393. The van der Waals surface area contributed by atoms with Crippen LogP contribution in [0.5, 0.6) is 5.75 Å². The zero-order valence-electron chi connectivity index (χ0n) is 16.6. The minimum absolute atomic E-state index is 0.0159. The van der Waals surface area contributed by atoms with Crippen LogP contribution in [0.1, 0.15) is 25.0 Å². The van der Waals surface area contributed by atoms with E-state index in [0.29, 0.717) is 11.4 Å². The zero-order chi connectivity index (χ0) is 20.8. The van der Waals surface area contributed by atoms with Gasteiger partial charge in [-0.3, -0.25) is 9.59 Å². The third-order valence-corrected chi connectivity index (χ3v) is 4.25. The predicted octanol–water partition coefficient (Wildman–Crippen LogP) is 4.02. The van der Waals surface area contributed by atoms with Gasteiger partial charge in [-0.05, 0) is 49.2 Å². The Morgan fingerprint density at radius 3 is 2.45 bits per heavy atom. The number of carbonyl (C=O) groups excluding carboxylic acids is 2. The molecule has 0 radical (unpaired) electrons. The fourth-order valence-electron chi connectivity index (χ4n) is 2.86. The van der Waals surface area contributed by atoms with Crippen molar-refractivity contribution in [3.63, 3.8) is 0 Å². The van der Waals surface area contributed by atoms with Gasteiger partial charge >= 0.3 is 11.8 Å². The molecule has 0 atom stereocenters. The molecule has 2 N–H and O–H groups in total. The van der Waals surface area contributed by atoms with Crippen molar-refractivity contribution in [1.82, 2.24) is 5.43 Å². The molecule has 0 unspecified atom stereocenters. The molecule has 3 aromatic carbocycles. The fraction of sp³-hybridized carbons (Fsp3) is 0.174. The van der Waals surface area contributed by atoms with E-state index in [1.165, 1.54) is 6.21 Å². The van der Waals surface area contributed by atoms with Gasteiger partial charge in [-0.1, -0.05) is 48.5 Å². The number of fused-ring (bicyclic) bond motifs is 1. The van der Waals surface area contributed by atoms with Crippen LogP contribution < -0.4 is 15.5 Å². The van der Waals surface area contributed by atoms with Gasteiger partial charge in [0.15, 0.2) is 0 Å². The molecule has 0 spiro atoms. The molecule has 0 bridgehead atoms. The predicted molar refractivity (Wildman–Crippen MR) is 115 cm³/mol. The van der Waals surface area contributed by atoms with Gasteiger partial charge in [0.1, 0.15) is 5.75 Å². The van der Waals surface area contributed by atoms with Crippen LogP contribution in [0.15, 0.2) is 65.8 Å². The summed E-state index contributed by atoms with van der Waals surface area (Å²) in [5.41, 5.74) is 4.46. The standard InChI is InChI=1S/C23H23N3O3/c1-15(2)29-21-13-12-17-9-5-6-10-18(17)19(21)14-24-26-23(28)22(27)25-20-11-7-4-8-16(20)3/h4-15H,1-3H3,(H,25,27)(H,26,28)/b24-14-. The molecule has 3 rings (SSSR count). The van der Waals surface area contributed by atoms with Crippen molar-refractivity contribution in [3.8, 4) is 5.75 Å². The van der Waals surface area contributed by atoms with Gasteiger partial charge in [0.05, 0.1) is 12.3 Å². The number of hydrogen-bond donors (Lipinski definition) is 2. The Hall–Kier alpha value is -3.67. The molecule has 0 aliphatic carbocycles. The van der Waals surface area contributed by atoms with E-state index >= 15 is 0 Å². The number of hydrogen-bond acceptors (Lipinski definition) is 4. The Morgan fingerprint density at radius 2 is 1.69 bits per heavy atom. The highest BCUT2D eigenvalue weighted by molar-refractivity contribution is 6.39. The van der Waals surface area contributed by atoms with Crippen LogP contribution in [0.25, 0.3) is 10.8 Å². The molecule has 2 amide bonds. The highest BCUT2D eigenvalue weighted by atomic mass is 16.5. The van der Waals surface area contributed by atoms with Gasteiger partial charge in [-0.15, -0.1) is 0 Å². The van der Waals surface area contributed by atoms with Crippen LogP contribution in [0, 0.1) is 6.92 Å². The molecule has 0 aliphatic rings. The van der Waals surface area contributed by atoms with Crippen LogP contribution in [0.2, 0.25) is 0 Å². The van der Waals surface area contributed by atoms with E-state index in [-0.39, 0.29) is 6.10 Å². The first kappa shape index (κ1) is 20.1. The van der Waals surface area contributed by atoms with Crippen molar-refractivity contribution in [2.75, 3.05) is 5.32 Å². The number of rotatable bonds is 5. The maximum atomic E-state index is 12.1. The molecule has 6 heteroatoms. The van der Waals surface area contributed by atoms with E-state index in [1.807, 2.05) is 69.3 Å². The largest absolute Gasteiger partial charge is 0.490 e. The summed E-state index contributed by atoms with van der Waals surface area (Å²) in [5, 5.41) is 8.52. The number of para-hydroxylation sites is 1. The van der Waals surface area contributed by atoms with Crippen molar-refractivity contribution in [2.24, 2.45) is 5.10 Å². The second-order valence-corrected chi connectivity index (χ2v) is 6.83. The Balaban J connectivity index is 1.77. The number of nitrogens with one attached hydrogen (secondary N) is 2. The monoisotopic (exact) mass is 389 g/mol. The van der Waals surface area contributed by atoms with E-state index in [4.69, 9.17) is 4.74 Å². The highest BCUT2D eigenvalue weighted by Crippen LogP contribution is 2.27. The van der Waals surface area contributed by atoms with Gasteiger partial charge in [0.25, 0.3) is 0 Å². The van der Waals surface area contributed by atoms with Crippen molar-refractivity contribution in [1.29, 1.82) is 0 Å². The summed E-state index contributed by atoms with van der Waals surface area (Å²) in [7, 11) is 0. The number of aryl methyl sites for hydroxylation is 1. The number of ether oxygens (including phenoxy) is 1. The maximum absolute atomic E-state index is 12.1. The van der Waals surface area contributed by atoms with E-state index in [0.717, 1.165) is 21.9 Å². The van der Waals surface area contributed by atoms with Crippen molar-refractivity contribution in [2.45, 2.75) is 26.9 Å². The third kappa shape index (κ3) is 4.99. The van der Waals surface area contributed by atoms with Gasteiger partial charge in [-0.2, -0.15) is 5.10 Å². The van der Waals surface area contributed by atoms with Crippen molar-refractivity contribution in [3.05, 3.63) is 71.8 Å². The van der Waals surface area contributed by atoms with E-state index in [2.05, 4.69) is 15.8 Å². The molecule has 0 heterocycles. The number of hydrazone groups is 1. The molecular weight excluding hydrogens is 366 g/mol. The number of amides is 2. The first-order chi connectivity index (χ1) is 14.0. The minimum atomic E-state index is -0.851. The summed E-state index contributed by atoms with van der Waals surface area (Å²) >= 11 is 0. The average molecular weight is 389 g/mol. The number of carbonyl (C=O) groups is 2. The second kappa shape index (κ2) is 9.01. The molecule has 148 valence electrons. The van der Waals surface area contributed by atoms with E-state index in [1.54, 1.807) is 12.1 Å². The summed E-state index contributed by atoms with van der Waals surface area (Å²) in [5.74, 6) is -0.981. The molecule has 0 saturated heterocycles. The lowest BCUT2D eigenvalue weighted by Gasteiger charge is -2.14. The molecule has 0 aromatic heterocycles. The van der Waals surface area contributed by atoms with Gasteiger partial charge in [0, 0.05) is 11.3 Å². The van der Waals surface area contributed by atoms with Crippen LogP contribution in [-0.4, -0.2) is 24.1 Å². The maximum Gasteiger partial charge on any atom is 0.329 e. The second-order valence-electron chi connectivity index (χ2n) is 6.83. The van der Waals surface area contributed by atoms with Gasteiger partial charge < -0.3 is 10.1 Å². The molecule has 0 saturated carbocycles. The smallest absolute Gasteiger partial charge is 0.329 e. The van der Waals surface area contributed by atoms with Gasteiger partial charge in [0.2, 0.25) is 0 Å². The Bertz CT molecular complexity index is 1070. The van der Waals surface area contributed by atoms with Crippen molar-refractivity contribution < 1.29 is 14.3 Å². The van der Waals surface area contributed by atoms with Crippen LogP contribution in [-0.2, 0) is 9.59 Å². The third-order valence-electron chi connectivity index (χ3n) is 4.25. The van der Waals surface area contributed by atoms with E-state index in [9.17, 15) is 9.59 Å². The van der Waals surface area contributed by atoms with Crippen LogP contribution in [0.4, 0.5) is 5.69 Å². The summed E-state index contributed by atoms with van der Waals surface area (Å²) in [6.45, 7) is 5.73. The Morgan fingerprint density at radius 1 is 0.966 bits per heavy atom. The summed E-state index contributed by atoms with van der Waals surface area (Å²) in [6, 6.07) is 18.9. The SMILES string of the molecule is Cc1ccccc1NC(=O)C(=O)N/N=C\c1c(OC(C)C)ccc2ccccc12. The number of anilines is 1. The van der Waals surface area contributed by atoms with Crippen LogP contribution in [0.3, 0.4) is 0 Å².